The first-order valence-electron chi connectivity index (χ1n) is 38.3. The van der Waals surface area contributed by atoms with Crippen molar-refractivity contribution in [1.29, 1.82) is 0 Å². The largest absolute Gasteiger partial charge is 0.508 e. The van der Waals surface area contributed by atoms with Crippen molar-refractivity contribution in [3.63, 3.8) is 0 Å². The highest BCUT2D eigenvalue weighted by Gasteiger charge is 2.51. The maximum Gasteiger partial charge on any atom is 0.335 e. The molecule has 7 aromatic rings. The molecule has 0 saturated carbocycles. The van der Waals surface area contributed by atoms with E-state index in [1.807, 2.05) is 0 Å². The summed E-state index contributed by atoms with van der Waals surface area (Å²) in [6, 6.07) is 5.00. The van der Waals surface area contributed by atoms with Gasteiger partial charge in [0.2, 0.25) is 53.7 Å². The number of nitrogens with one attached hydrogen (secondary N) is 1. The summed E-state index contributed by atoms with van der Waals surface area (Å²) in [7, 11) is 1.46. The molecule has 39 heteroatoms. The fraction of sp³-hybridized carbons (Fsp3) is 0.378. The van der Waals surface area contributed by atoms with E-state index in [0.29, 0.717) is 18.4 Å². The average Bonchev–Trinajstić information content (AvgIpc) is 0.749. The number of aliphatic hydroxyl groups excluding tert-OH is 14. The first-order chi connectivity index (χ1) is 57.8. The van der Waals surface area contributed by atoms with E-state index in [2.05, 4.69) is 47.2 Å². The van der Waals surface area contributed by atoms with Crippen molar-refractivity contribution in [1.82, 2.24) is 5.32 Å². The predicted molar refractivity (Wildman–Crippen MR) is 432 cm³/mol. The van der Waals surface area contributed by atoms with Gasteiger partial charge in [-0.05, 0) is 114 Å². The molecule has 7 aromatic carbocycles. The third kappa shape index (κ3) is 18.7. The van der Waals surface area contributed by atoms with Crippen LogP contribution in [-0.2, 0) is 25.5 Å². The van der Waals surface area contributed by atoms with Gasteiger partial charge in [0.15, 0.2) is 65.2 Å². The van der Waals surface area contributed by atoms with Gasteiger partial charge >= 0.3 is 11.9 Å². The van der Waals surface area contributed by atoms with Crippen LogP contribution in [0.3, 0.4) is 0 Å². The van der Waals surface area contributed by atoms with Gasteiger partial charge in [0, 0.05) is 47.2 Å². The van der Waals surface area contributed by atoms with Crippen molar-refractivity contribution in [3.05, 3.63) is 164 Å². The number of carboxylic acids is 2. The Bertz CT molecular complexity index is 5280. The van der Waals surface area contributed by atoms with Crippen LogP contribution in [0.1, 0.15) is 140 Å². The maximum atomic E-state index is 13.8. The van der Waals surface area contributed by atoms with Crippen LogP contribution < -0.4 is 29.0 Å². The number of aliphatic carboxylic acids is 2. The lowest BCUT2D eigenvalue weighted by atomic mass is 9.90. The Morgan fingerprint density at radius 3 is 1.84 bits per heavy atom. The number of phenols is 4. The van der Waals surface area contributed by atoms with Crippen LogP contribution in [0.4, 0.5) is 0 Å². The van der Waals surface area contributed by atoms with Gasteiger partial charge in [0.25, 0.3) is 0 Å². The molecule has 0 aromatic heterocycles. The quantitative estimate of drug-likeness (QED) is 0.0216. The van der Waals surface area contributed by atoms with Gasteiger partial charge in [-0.15, -0.1) is 0 Å². The fourth-order valence-electron chi connectivity index (χ4n) is 14.7. The number of likely N-dealkylation sites (N-methyl/N-ethyl adjacent to an activating group) is 1. The molecule has 0 amide bonds. The van der Waals surface area contributed by atoms with Crippen molar-refractivity contribution < 1.29 is 145 Å². The number of halogens is 2. The molecule has 121 heavy (non-hydrogen) atoms. The molecular weight excluding hydrogens is 1630 g/mol. The van der Waals surface area contributed by atoms with Crippen LogP contribution >= 0.6 is 23.2 Å². The van der Waals surface area contributed by atoms with E-state index >= 15 is 0 Å². The van der Waals surface area contributed by atoms with E-state index in [0.717, 1.165) is 111 Å². The smallest absolute Gasteiger partial charge is 0.335 e. The third-order valence-electron chi connectivity index (χ3n) is 21.0. The number of aliphatic imine (C=N–C) groups is 7. The summed E-state index contributed by atoms with van der Waals surface area (Å²) >= 11 is 14.2. The monoisotopic (exact) mass is 1720 g/mol. The SMILES string of the molecule is CCCCCCCCCCC(O)=NC1C(Oc2c3cc4cc2Oc2ccc(cc2Cl)[C@@H](O)[C@@H]2N=C(O)[C@H](N=C(O)[C@@H]4N=C(O)[C@H]4N=C(O)[C@@H](Cc5ccc(cc5)O3)N=C(O)[C@H](NC)c3ccc(O)c(c3)Oc3cc(O)c(Cl)c4c3)c3ccc(O)c(c3)-c3c(OC4OC(CO)C(O)C(O)C4O)cc(O)cc3[C@@H](C(=O)O)N=C2O)OC(C(=O)O)C(O)C1O. The number of benzene rings is 7. The number of ether oxygens (including phenoxy) is 7. The zero-order valence-corrected chi connectivity index (χ0v) is 65.7. The highest BCUT2D eigenvalue weighted by Crippen LogP contribution is 2.52. The molecule has 2 saturated heterocycles. The molecular formula is C82H86Cl2N8O29. The molecule has 21 N–H and O–H groups in total. The number of aromatic hydroxyl groups is 4. The summed E-state index contributed by atoms with van der Waals surface area (Å²) in [5.74, 6) is -18.2. The molecule has 8 aliphatic rings. The highest BCUT2D eigenvalue weighted by atomic mass is 35.5. The van der Waals surface area contributed by atoms with Gasteiger partial charge in [0.1, 0.15) is 101 Å². The standard InChI is InChI=1S/C82H86Cl2N8O29/c1-3-4-5-6-7-8-9-10-11-55(98)87-64-67(101)69(103)72(80(113)114)121-81(64)120-71-52-26-37-27-53(71)117-49-21-16-36(24-44(49)83)65(99)63-78(110)91-62(79(111)112)42-28-38(94)29-51(118-82-70(104)68(102)66(100)54(32-93)119-82)56(42)41-23-34(14-19-46(41)95)59(75(107)92-63)88-76(108)60(37)89-77(109)61-43-30-40(31-48(97)57(43)84)116-50-25-35(15-20-47(50)96)58(85-2)74(106)86-45(73(105)90-61)22-33-12-17-39(115-52)18-13-33/h12-21,23-31,45,54,58-70,72,81-82,85,93-97,99-104H,3-11,22,32H2,1-2H3,(H,86,106)(H,87,98)(H,88,108)(H,89,109)(H,90,105)(H,91,110)(H,92,107)(H,111,112)(H,113,114)/t45-,54?,58-,59-,60-,61+,62+,63+,64?,65-,66?,67?,68?,69?,70?,72?,81?,82?/m1/s1. The Kier molecular flexibility index (Phi) is 26.6. The van der Waals surface area contributed by atoms with Crippen LogP contribution in [0.15, 0.2) is 150 Å². The number of carboxylic acid groups (broad SMARTS) is 2. The second kappa shape index (κ2) is 37.0. The van der Waals surface area contributed by atoms with Crippen LogP contribution in [0.2, 0.25) is 10.0 Å². The maximum absolute atomic E-state index is 13.8. The predicted octanol–water partition coefficient (Wildman–Crippen LogP) is 9.82. The van der Waals surface area contributed by atoms with Gasteiger partial charge in [-0.3, -0.25) is 0 Å². The van der Waals surface area contributed by atoms with E-state index in [1.165, 1.54) is 49.5 Å². The minimum absolute atomic E-state index is 0.0836. The molecule has 0 radical (unpaired) electrons. The highest BCUT2D eigenvalue weighted by molar-refractivity contribution is 6.33. The third-order valence-corrected chi connectivity index (χ3v) is 21.7. The molecule has 0 spiro atoms. The molecule has 8 heterocycles. The van der Waals surface area contributed by atoms with E-state index in [1.54, 1.807) is 0 Å². The van der Waals surface area contributed by atoms with Crippen LogP contribution in [0.5, 0.6) is 69.0 Å². The van der Waals surface area contributed by atoms with Gasteiger partial charge in [-0.25, -0.2) is 44.5 Å². The lowest BCUT2D eigenvalue weighted by Crippen LogP contribution is -2.60. The zero-order chi connectivity index (χ0) is 86.7. The van der Waals surface area contributed by atoms with Crippen molar-refractivity contribution in [2.75, 3.05) is 13.7 Å². The Labute approximate surface area is 697 Å². The minimum Gasteiger partial charge on any atom is -0.508 e. The number of unbranched alkanes of at least 4 members (excludes halogenated alkanes) is 7. The molecule has 10 unspecified atom stereocenters. The molecule has 37 nitrogen and oxygen atoms in total. The van der Waals surface area contributed by atoms with E-state index < -0.39 is 265 Å². The summed E-state index contributed by atoms with van der Waals surface area (Å²) in [4.78, 5) is 58.0. The van der Waals surface area contributed by atoms with Crippen LogP contribution in [0.25, 0.3) is 11.1 Å². The second-order valence-corrected chi connectivity index (χ2v) is 30.2. The Morgan fingerprint density at radius 1 is 0.521 bits per heavy atom. The summed E-state index contributed by atoms with van der Waals surface area (Å²) in [5, 5.41) is 238. The van der Waals surface area contributed by atoms with E-state index in [4.69, 9.17) is 56.4 Å². The summed E-state index contributed by atoms with van der Waals surface area (Å²) in [6.07, 6.45) is -14.9. The Morgan fingerprint density at radius 2 is 1.16 bits per heavy atom. The molecule has 2 fully saturated rings. The first-order valence-corrected chi connectivity index (χ1v) is 39.0. The Balaban J connectivity index is 1.10. The van der Waals surface area contributed by atoms with Gasteiger partial charge < -0.3 is 141 Å². The van der Waals surface area contributed by atoms with E-state index in [-0.39, 0.29) is 41.2 Å². The lowest BCUT2D eigenvalue weighted by Gasteiger charge is -2.39. The summed E-state index contributed by atoms with van der Waals surface area (Å²) < 4.78 is 44.1. The molecule has 18 atom stereocenters. The van der Waals surface area contributed by atoms with Gasteiger partial charge in [-0.1, -0.05) is 105 Å². The average molecular weight is 1720 g/mol. The van der Waals surface area contributed by atoms with Gasteiger partial charge in [-0.2, -0.15) is 0 Å². The molecule has 8 aliphatic heterocycles. The van der Waals surface area contributed by atoms with Gasteiger partial charge in [0.05, 0.1) is 16.7 Å². The molecule has 17 bridgehead atoms. The number of phenolic OH excluding ortho intramolecular Hbond substituents is 4. The topological polar surface area (TPSA) is 602 Å². The Hall–Kier alpha value is -11.8. The molecule has 642 valence electrons. The van der Waals surface area contributed by atoms with Crippen LogP contribution in [0, 0.1) is 0 Å². The normalized spacial score (nSPS) is 26.8. The summed E-state index contributed by atoms with van der Waals surface area (Å²) in [6.45, 7) is 1.11. The molecule has 0 aliphatic carbocycles. The van der Waals surface area contributed by atoms with Crippen molar-refractivity contribution in [2.45, 2.75) is 181 Å². The first kappa shape index (κ1) is 87.0. The summed E-state index contributed by atoms with van der Waals surface area (Å²) in [5.41, 5.74) is -3.03. The van der Waals surface area contributed by atoms with E-state index in [9.17, 15) is 112 Å². The van der Waals surface area contributed by atoms with Crippen LogP contribution in [-0.4, -0.2) is 242 Å². The lowest BCUT2D eigenvalue weighted by molar-refractivity contribution is -0.277. The molecule has 15 rings (SSSR count). The number of aliphatic hydroxyl groups is 14. The second-order valence-electron chi connectivity index (χ2n) is 29.4. The van der Waals surface area contributed by atoms with Crippen molar-refractivity contribution >= 4 is 76.4 Å². The number of carbonyl (C=O) groups is 2. The fourth-order valence-corrected chi connectivity index (χ4v) is 15.1. The zero-order valence-electron chi connectivity index (χ0n) is 64.1. The minimum atomic E-state index is -2.49. The van der Waals surface area contributed by atoms with Crippen molar-refractivity contribution in [3.8, 4) is 80.1 Å². The number of hydrogen-bond acceptors (Lipinski definition) is 28. The number of fused-ring (bicyclic) bond motifs is 12. The van der Waals surface area contributed by atoms with Crippen molar-refractivity contribution in [2.24, 2.45) is 34.9 Å². The number of rotatable bonds is 18. The number of nitrogens with zero attached hydrogens (tertiary/aromatic N) is 7. The number of hydrogen-bond donors (Lipinski definition) is 21.